The molecule has 2 aromatic carbocycles. The zero-order chi connectivity index (χ0) is 14.3. The number of nitrogens with two attached hydrogens (primary N) is 1. The molecule has 1 unspecified atom stereocenters. The van der Waals surface area contributed by atoms with Crippen LogP contribution in [-0.4, -0.2) is 12.8 Å². The summed E-state index contributed by atoms with van der Waals surface area (Å²) in [7, 11) is 0. The van der Waals surface area contributed by atoms with E-state index in [1.165, 1.54) is 12.1 Å². The lowest BCUT2D eigenvalue weighted by Crippen LogP contribution is -2.28. The van der Waals surface area contributed by atoms with Crippen LogP contribution < -0.4 is 15.2 Å². The summed E-state index contributed by atoms with van der Waals surface area (Å²) >= 11 is 12.3. The van der Waals surface area contributed by atoms with E-state index in [0.717, 1.165) is 0 Å². The van der Waals surface area contributed by atoms with Crippen molar-refractivity contribution in [3.63, 3.8) is 0 Å². The molecule has 3 nitrogen and oxygen atoms in total. The summed E-state index contributed by atoms with van der Waals surface area (Å²) in [6.07, 6.45) is -0.633. The molecule has 0 bridgehead atoms. The van der Waals surface area contributed by atoms with Gasteiger partial charge in [0.1, 0.15) is 5.82 Å². The minimum absolute atomic E-state index is 0.159. The van der Waals surface area contributed by atoms with Gasteiger partial charge in [-0.25, -0.2) is 4.39 Å². The van der Waals surface area contributed by atoms with Crippen molar-refractivity contribution in [2.75, 3.05) is 6.54 Å². The molecule has 6 heteroatoms. The summed E-state index contributed by atoms with van der Waals surface area (Å²) in [5, 5.41) is 0.815. The Labute approximate surface area is 125 Å². The van der Waals surface area contributed by atoms with E-state index in [4.69, 9.17) is 38.4 Å². The molecule has 20 heavy (non-hydrogen) atoms. The Kier molecular flexibility index (Phi) is 3.46. The third-order valence-electron chi connectivity index (χ3n) is 2.95. The molecule has 104 valence electrons. The van der Waals surface area contributed by atoms with Crippen molar-refractivity contribution in [2.45, 2.75) is 6.29 Å². The third-order valence-corrected chi connectivity index (χ3v) is 3.58. The Hall–Kier alpha value is -1.49. The van der Waals surface area contributed by atoms with Gasteiger partial charge in [-0.15, -0.1) is 0 Å². The average molecular weight is 314 g/mol. The first-order valence-corrected chi connectivity index (χ1v) is 6.67. The quantitative estimate of drug-likeness (QED) is 0.915. The molecular weight excluding hydrogens is 304 g/mol. The lowest BCUT2D eigenvalue weighted by molar-refractivity contribution is 0.0582. The predicted molar refractivity (Wildman–Crippen MR) is 76.0 cm³/mol. The van der Waals surface area contributed by atoms with Gasteiger partial charge in [-0.1, -0.05) is 29.3 Å². The van der Waals surface area contributed by atoms with E-state index in [9.17, 15) is 4.39 Å². The van der Waals surface area contributed by atoms with Gasteiger partial charge in [0.2, 0.25) is 0 Å². The highest BCUT2D eigenvalue weighted by Gasteiger charge is 2.28. The van der Waals surface area contributed by atoms with Crippen LogP contribution in [0.1, 0.15) is 0 Å². The lowest BCUT2D eigenvalue weighted by atomic mass is 10.0. The van der Waals surface area contributed by atoms with Gasteiger partial charge >= 0.3 is 0 Å². The minimum atomic E-state index is -0.633. The first-order chi connectivity index (χ1) is 9.60. The summed E-state index contributed by atoms with van der Waals surface area (Å²) in [5.41, 5.74) is 6.46. The number of rotatable bonds is 2. The molecule has 0 saturated carbocycles. The zero-order valence-electron chi connectivity index (χ0n) is 10.2. The second kappa shape index (κ2) is 5.13. The smallest absolute Gasteiger partial charge is 0.253 e. The number of benzene rings is 2. The van der Waals surface area contributed by atoms with Gasteiger partial charge in [0, 0.05) is 17.2 Å². The van der Waals surface area contributed by atoms with Crippen LogP contribution in [0.2, 0.25) is 10.0 Å². The van der Waals surface area contributed by atoms with Crippen LogP contribution in [0, 0.1) is 5.82 Å². The normalized spacial score (nSPS) is 16.5. The molecule has 2 aromatic rings. The fourth-order valence-electron chi connectivity index (χ4n) is 2.11. The van der Waals surface area contributed by atoms with E-state index >= 15 is 0 Å². The van der Waals surface area contributed by atoms with Crippen molar-refractivity contribution in [2.24, 2.45) is 5.73 Å². The van der Waals surface area contributed by atoms with E-state index < -0.39 is 12.1 Å². The van der Waals surface area contributed by atoms with E-state index in [2.05, 4.69) is 0 Å². The van der Waals surface area contributed by atoms with Crippen LogP contribution in [0.25, 0.3) is 11.1 Å². The molecule has 3 rings (SSSR count). The molecule has 0 spiro atoms. The Bertz CT molecular complexity index is 658. The third kappa shape index (κ3) is 2.20. The van der Waals surface area contributed by atoms with Crippen molar-refractivity contribution in [1.29, 1.82) is 0 Å². The minimum Gasteiger partial charge on any atom is -0.449 e. The highest BCUT2D eigenvalue weighted by atomic mass is 35.5. The second-order valence-electron chi connectivity index (χ2n) is 4.28. The van der Waals surface area contributed by atoms with Crippen molar-refractivity contribution in [3.05, 3.63) is 46.2 Å². The largest absolute Gasteiger partial charge is 0.449 e. The van der Waals surface area contributed by atoms with Gasteiger partial charge < -0.3 is 15.2 Å². The molecule has 0 fully saturated rings. The first kappa shape index (κ1) is 13.5. The van der Waals surface area contributed by atoms with Crippen LogP contribution in [0.5, 0.6) is 11.5 Å². The van der Waals surface area contributed by atoms with Crippen molar-refractivity contribution < 1.29 is 13.9 Å². The molecule has 1 heterocycles. The van der Waals surface area contributed by atoms with Crippen LogP contribution in [0.3, 0.4) is 0 Å². The summed E-state index contributed by atoms with van der Waals surface area (Å²) < 4.78 is 24.7. The molecular formula is C14H10Cl2FNO2. The van der Waals surface area contributed by atoms with Crippen LogP contribution in [0.4, 0.5) is 4.39 Å². The molecule has 1 atom stereocenters. The van der Waals surface area contributed by atoms with Gasteiger partial charge in [0.15, 0.2) is 11.5 Å². The van der Waals surface area contributed by atoms with Gasteiger partial charge in [0.05, 0.1) is 16.6 Å². The maximum absolute atomic E-state index is 13.7. The fraction of sp³-hybridized carbons (Fsp3) is 0.143. The molecule has 0 aliphatic carbocycles. The van der Waals surface area contributed by atoms with Gasteiger partial charge in [0.25, 0.3) is 6.29 Å². The monoisotopic (exact) mass is 313 g/mol. The SMILES string of the molecule is NCC1Oc2cc(F)cc(-c3c(Cl)cccc3Cl)c2O1. The molecule has 2 N–H and O–H groups in total. The predicted octanol–water partition coefficient (Wildman–Crippen LogP) is 3.86. The van der Waals surface area contributed by atoms with Crippen molar-refractivity contribution in [1.82, 2.24) is 0 Å². The Morgan fingerprint density at radius 3 is 2.50 bits per heavy atom. The molecule has 1 aliphatic heterocycles. The number of halogens is 3. The molecule has 0 amide bonds. The van der Waals surface area contributed by atoms with Crippen LogP contribution in [0.15, 0.2) is 30.3 Å². The van der Waals surface area contributed by atoms with E-state index in [0.29, 0.717) is 32.7 Å². The fourth-order valence-corrected chi connectivity index (χ4v) is 2.71. The topological polar surface area (TPSA) is 44.5 Å². The summed E-state index contributed by atoms with van der Waals surface area (Å²) in [6.45, 7) is 0.159. The Balaban J connectivity index is 2.21. The first-order valence-electron chi connectivity index (χ1n) is 5.91. The standard InChI is InChI=1S/C14H10Cl2FNO2/c15-9-2-1-3-10(16)13(9)8-4-7(17)5-11-14(8)20-12(6-18)19-11/h1-5,12H,6,18H2. The summed E-state index contributed by atoms with van der Waals surface area (Å²) in [5.74, 6) is 0.235. The highest BCUT2D eigenvalue weighted by Crippen LogP contribution is 2.47. The van der Waals surface area contributed by atoms with E-state index in [1.54, 1.807) is 18.2 Å². The summed E-state index contributed by atoms with van der Waals surface area (Å²) in [6, 6.07) is 7.63. The Morgan fingerprint density at radius 2 is 1.85 bits per heavy atom. The maximum Gasteiger partial charge on any atom is 0.253 e. The number of fused-ring (bicyclic) bond motifs is 1. The molecule has 0 radical (unpaired) electrons. The van der Waals surface area contributed by atoms with Gasteiger partial charge in [-0.2, -0.15) is 0 Å². The molecule has 0 saturated heterocycles. The second-order valence-corrected chi connectivity index (χ2v) is 5.09. The van der Waals surface area contributed by atoms with E-state index in [1.807, 2.05) is 0 Å². The Morgan fingerprint density at radius 1 is 1.15 bits per heavy atom. The van der Waals surface area contributed by atoms with E-state index in [-0.39, 0.29) is 6.54 Å². The summed E-state index contributed by atoms with van der Waals surface area (Å²) in [4.78, 5) is 0. The number of hydrogen-bond acceptors (Lipinski definition) is 3. The maximum atomic E-state index is 13.7. The zero-order valence-corrected chi connectivity index (χ0v) is 11.7. The van der Waals surface area contributed by atoms with Crippen molar-refractivity contribution in [3.8, 4) is 22.6 Å². The van der Waals surface area contributed by atoms with Crippen LogP contribution in [-0.2, 0) is 0 Å². The lowest BCUT2D eigenvalue weighted by Gasteiger charge is -2.11. The van der Waals surface area contributed by atoms with Gasteiger partial charge in [-0.3, -0.25) is 0 Å². The average Bonchev–Trinajstić information content (AvgIpc) is 2.81. The van der Waals surface area contributed by atoms with Gasteiger partial charge in [-0.05, 0) is 18.2 Å². The molecule has 0 aromatic heterocycles. The molecule has 1 aliphatic rings. The van der Waals surface area contributed by atoms with Crippen LogP contribution >= 0.6 is 23.2 Å². The highest BCUT2D eigenvalue weighted by molar-refractivity contribution is 6.39. The number of hydrogen-bond donors (Lipinski definition) is 1. The van der Waals surface area contributed by atoms with Crippen molar-refractivity contribution >= 4 is 23.2 Å². The number of ether oxygens (including phenoxy) is 2.